The van der Waals surface area contributed by atoms with Crippen molar-refractivity contribution in [1.29, 1.82) is 0 Å². The minimum absolute atomic E-state index is 0.186. The van der Waals surface area contributed by atoms with Gasteiger partial charge in [-0.25, -0.2) is 5.43 Å². The average Bonchev–Trinajstić information content (AvgIpc) is 3.10. The van der Waals surface area contributed by atoms with E-state index >= 15 is 0 Å². The van der Waals surface area contributed by atoms with Crippen LogP contribution in [0.3, 0.4) is 0 Å². The molecule has 1 aromatic rings. The molecule has 102 valence electrons. The molecule has 4 heteroatoms. The van der Waals surface area contributed by atoms with Gasteiger partial charge in [0, 0.05) is 11.6 Å². The monoisotopic (exact) mass is 260 g/mol. The predicted octanol–water partition coefficient (Wildman–Crippen LogP) is 3.13. The number of hydrazone groups is 1. The molecule has 3 unspecified atom stereocenters. The molecule has 3 atom stereocenters. The van der Waals surface area contributed by atoms with Crippen LogP contribution in [0.15, 0.2) is 21.8 Å². The number of nitrogens with zero attached hydrogens (tertiary/aromatic N) is 1. The van der Waals surface area contributed by atoms with E-state index in [9.17, 15) is 4.79 Å². The molecule has 1 N–H and O–H groups in total. The van der Waals surface area contributed by atoms with E-state index in [4.69, 9.17) is 4.42 Å². The summed E-state index contributed by atoms with van der Waals surface area (Å²) < 4.78 is 5.12. The van der Waals surface area contributed by atoms with Crippen molar-refractivity contribution >= 4 is 11.6 Å². The molecule has 2 bridgehead atoms. The van der Waals surface area contributed by atoms with Gasteiger partial charge in [0.05, 0.1) is 11.8 Å². The van der Waals surface area contributed by atoms with Gasteiger partial charge in [-0.05, 0) is 51.0 Å². The SMILES string of the molecule is C/C(=N\NC(=O)c1ccoc1C)C1CC2CCC1C2. The van der Waals surface area contributed by atoms with E-state index in [-0.39, 0.29) is 5.91 Å². The number of hydrogen-bond acceptors (Lipinski definition) is 3. The van der Waals surface area contributed by atoms with Crippen LogP contribution in [0.5, 0.6) is 0 Å². The summed E-state index contributed by atoms with van der Waals surface area (Å²) in [6, 6.07) is 1.67. The number of fused-ring (bicyclic) bond motifs is 2. The van der Waals surface area contributed by atoms with E-state index in [2.05, 4.69) is 10.5 Å². The minimum Gasteiger partial charge on any atom is -0.469 e. The lowest BCUT2D eigenvalue weighted by atomic mass is 9.86. The van der Waals surface area contributed by atoms with Crippen molar-refractivity contribution in [2.24, 2.45) is 22.9 Å². The highest BCUT2D eigenvalue weighted by Gasteiger charge is 2.40. The zero-order valence-corrected chi connectivity index (χ0v) is 11.5. The molecule has 0 aromatic carbocycles. The van der Waals surface area contributed by atoms with E-state index in [1.807, 2.05) is 6.92 Å². The van der Waals surface area contributed by atoms with Crippen LogP contribution in [0.25, 0.3) is 0 Å². The largest absolute Gasteiger partial charge is 0.469 e. The molecule has 1 amide bonds. The third-order valence-electron chi connectivity index (χ3n) is 4.71. The molecule has 1 aromatic heterocycles. The Kier molecular flexibility index (Phi) is 3.17. The Morgan fingerprint density at radius 1 is 1.42 bits per heavy atom. The van der Waals surface area contributed by atoms with Crippen molar-refractivity contribution in [2.45, 2.75) is 39.5 Å². The molecule has 0 spiro atoms. The molecule has 2 aliphatic carbocycles. The highest BCUT2D eigenvalue weighted by molar-refractivity contribution is 5.96. The van der Waals surface area contributed by atoms with Crippen LogP contribution in [-0.2, 0) is 0 Å². The smallest absolute Gasteiger partial charge is 0.274 e. The van der Waals surface area contributed by atoms with Crippen molar-refractivity contribution in [3.63, 3.8) is 0 Å². The van der Waals surface area contributed by atoms with Gasteiger partial charge in [-0.2, -0.15) is 5.10 Å². The Morgan fingerprint density at radius 3 is 2.84 bits per heavy atom. The number of hydrogen-bond donors (Lipinski definition) is 1. The lowest BCUT2D eigenvalue weighted by Crippen LogP contribution is -2.24. The number of furan rings is 1. The van der Waals surface area contributed by atoms with Crippen LogP contribution in [0.1, 0.15) is 48.7 Å². The molecule has 2 aliphatic rings. The Bertz CT molecular complexity index is 518. The first-order valence-electron chi connectivity index (χ1n) is 7.03. The van der Waals surface area contributed by atoms with Crippen molar-refractivity contribution < 1.29 is 9.21 Å². The second-order valence-corrected chi connectivity index (χ2v) is 5.87. The van der Waals surface area contributed by atoms with Gasteiger partial charge in [-0.15, -0.1) is 0 Å². The van der Waals surface area contributed by atoms with E-state index in [0.717, 1.165) is 17.5 Å². The van der Waals surface area contributed by atoms with Crippen LogP contribution in [0, 0.1) is 24.7 Å². The summed E-state index contributed by atoms with van der Waals surface area (Å²) in [5.74, 6) is 2.71. The van der Waals surface area contributed by atoms with Gasteiger partial charge in [0.2, 0.25) is 0 Å². The van der Waals surface area contributed by atoms with Crippen molar-refractivity contribution in [1.82, 2.24) is 5.43 Å². The predicted molar refractivity (Wildman–Crippen MR) is 73.0 cm³/mol. The lowest BCUT2D eigenvalue weighted by Gasteiger charge is -2.21. The third kappa shape index (κ3) is 2.31. The fourth-order valence-electron chi connectivity index (χ4n) is 3.66. The van der Waals surface area contributed by atoms with Gasteiger partial charge in [0.1, 0.15) is 5.76 Å². The van der Waals surface area contributed by atoms with Crippen LogP contribution in [0.2, 0.25) is 0 Å². The normalized spacial score (nSPS) is 29.8. The number of nitrogens with one attached hydrogen (secondary N) is 1. The Morgan fingerprint density at radius 2 is 2.26 bits per heavy atom. The minimum atomic E-state index is -0.186. The molecular weight excluding hydrogens is 240 g/mol. The maximum Gasteiger partial charge on any atom is 0.274 e. The highest BCUT2D eigenvalue weighted by atomic mass is 16.3. The molecule has 0 saturated heterocycles. The lowest BCUT2D eigenvalue weighted by molar-refractivity contribution is 0.0953. The van der Waals surface area contributed by atoms with Gasteiger partial charge >= 0.3 is 0 Å². The second-order valence-electron chi connectivity index (χ2n) is 5.87. The quantitative estimate of drug-likeness (QED) is 0.670. The molecular formula is C15H20N2O2. The highest BCUT2D eigenvalue weighted by Crippen LogP contribution is 2.48. The van der Waals surface area contributed by atoms with Gasteiger partial charge < -0.3 is 4.42 Å². The van der Waals surface area contributed by atoms with Crippen LogP contribution < -0.4 is 5.43 Å². The van der Waals surface area contributed by atoms with Crippen molar-refractivity contribution in [2.75, 3.05) is 0 Å². The molecule has 3 rings (SSSR count). The van der Waals surface area contributed by atoms with Crippen LogP contribution in [0.4, 0.5) is 0 Å². The number of aryl methyl sites for hydroxylation is 1. The summed E-state index contributed by atoms with van der Waals surface area (Å²) in [6.45, 7) is 3.81. The topological polar surface area (TPSA) is 54.6 Å². The molecule has 2 saturated carbocycles. The zero-order chi connectivity index (χ0) is 13.4. The second kappa shape index (κ2) is 4.83. The first-order chi connectivity index (χ1) is 9.15. The summed E-state index contributed by atoms with van der Waals surface area (Å²) in [4.78, 5) is 11.9. The van der Waals surface area contributed by atoms with Gasteiger partial charge in [0.15, 0.2) is 0 Å². The van der Waals surface area contributed by atoms with E-state index in [1.165, 1.54) is 31.9 Å². The van der Waals surface area contributed by atoms with Crippen molar-refractivity contribution in [3.8, 4) is 0 Å². The number of amides is 1. The molecule has 4 nitrogen and oxygen atoms in total. The average molecular weight is 260 g/mol. The standard InChI is InChI=1S/C15H20N2O2/c1-9(14-8-11-3-4-12(14)7-11)16-17-15(18)13-5-6-19-10(13)2/h5-6,11-12,14H,3-4,7-8H2,1-2H3,(H,17,18)/b16-9+. The Hall–Kier alpha value is -1.58. The number of carbonyl (C=O) groups is 1. The fourth-order valence-corrected chi connectivity index (χ4v) is 3.66. The summed E-state index contributed by atoms with van der Waals surface area (Å²) in [5.41, 5.74) is 4.28. The molecule has 1 heterocycles. The van der Waals surface area contributed by atoms with E-state index < -0.39 is 0 Å². The van der Waals surface area contributed by atoms with Crippen LogP contribution in [-0.4, -0.2) is 11.6 Å². The van der Waals surface area contributed by atoms with Gasteiger partial charge in [-0.3, -0.25) is 4.79 Å². The molecule has 19 heavy (non-hydrogen) atoms. The zero-order valence-electron chi connectivity index (χ0n) is 11.5. The summed E-state index contributed by atoms with van der Waals surface area (Å²) in [5, 5.41) is 4.30. The maximum atomic E-state index is 11.9. The molecule has 0 radical (unpaired) electrons. The summed E-state index contributed by atoms with van der Waals surface area (Å²) in [6.07, 6.45) is 6.84. The summed E-state index contributed by atoms with van der Waals surface area (Å²) in [7, 11) is 0. The third-order valence-corrected chi connectivity index (χ3v) is 4.71. The molecule has 2 fully saturated rings. The molecule has 0 aliphatic heterocycles. The first-order valence-corrected chi connectivity index (χ1v) is 7.03. The van der Waals surface area contributed by atoms with Gasteiger partial charge in [-0.1, -0.05) is 6.42 Å². The van der Waals surface area contributed by atoms with Crippen LogP contribution >= 0.6 is 0 Å². The van der Waals surface area contributed by atoms with Gasteiger partial charge in [0.25, 0.3) is 5.91 Å². The summed E-state index contributed by atoms with van der Waals surface area (Å²) >= 11 is 0. The van der Waals surface area contributed by atoms with E-state index in [0.29, 0.717) is 17.2 Å². The fraction of sp³-hybridized carbons (Fsp3) is 0.600. The van der Waals surface area contributed by atoms with E-state index in [1.54, 1.807) is 13.0 Å². The number of carbonyl (C=O) groups excluding carboxylic acids is 1. The maximum absolute atomic E-state index is 11.9. The number of rotatable bonds is 3. The van der Waals surface area contributed by atoms with Crippen molar-refractivity contribution in [3.05, 3.63) is 23.7 Å². The Balaban J connectivity index is 1.63. The Labute approximate surface area is 113 Å². The first kappa shape index (κ1) is 12.5.